The van der Waals surface area contributed by atoms with Crippen molar-refractivity contribution < 1.29 is 15.0 Å². The highest BCUT2D eigenvalue weighted by atomic mass is 16.4. The van der Waals surface area contributed by atoms with E-state index in [2.05, 4.69) is 4.90 Å². The van der Waals surface area contributed by atoms with Crippen LogP contribution in [0.15, 0.2) is 0 Å². The van der Waals surface area contributed by atoms with Gasteiger partial charge in [0, 0.05) is 13.2 Å². The second-order valence-corrected chi connectivity index (χ2v) is 5.16. The lowest BCUT2D eigenvalue weighted by Gasteiger charge is -2.35. The number of carboxylic acids is 1. The SMILES string of the molecule is CN(C)C[C@@H]1CC[C@@H](CCO)C[C@@H]1C(=O)O. The van der Waals surface area contributed by atoms with Crippen LogP contribution in [0.25, 0.3) is 0 Å². The third kappa shape index (κ3) is 3.76. The summed E-state index contributed by atoms with van der Waals surface area (Å²) in [6, 6.07) is 0. The van der Waals surface area contributed by atoms with Crippen molar-refractivity contribution in [2.24, 2.45) is 17.8 Å². The topological polar surface area (TPSA) is 60.8 Å². The highest BCUT2D eigenvalue weighted by Gasteiger charge is 2.34. The van der Waals surface area contributed by atoms with Gasteiger partial charge in [0.2, 0.25) is 0 Å². The molecule has 94 valence electrons. The molecule has 0 radical (unpaired) electrons. The van der Waals surface area contributed by atoms with E-state index in [4.69, 9.17) is 5.11 Å². The van der Waals surface area contributed by atoms with Crippen LogP contribution in [0.5, 0.6) is 0 Å². The molecule has 0 aromatic heterocycles. The van der Waals surface area contributed by atoms with Gasteiger partial charge in [-0.25, -0.2) is 0 Å². The fourth-order valence-electron chi connectivity index (χ4n) is 2.76. The zero-order valence-electron chi connectivity index (χ0n) is 10.2. The Morgan fingerprint density at radius 1 is 1.38 bits per heavy atom. The number of hydrogen-bond donors (Lipinski definition) is 2. The maximum absolute atomic E-state index is 11.2. The predicted octanol–water partition coefficient (Wildman–Crippen LogP) is 1.05. The van der Waals surface area contributed by atoms with E-state index >= 15 is 0 Å². The van der Waals surface area contributed by atoms with E-state index in [1.807, 2.05) is 14.1 Å². The van der Waals surface area contributed by atoms with Crippen LogP contribution in [0.3, 0.4) is 0 Å². The second kappa shape index (κ2) is 6.21. The van der Waals surface area contributed by atoms with Crippen LogP contribution in [-0.2, 0) is 4.79 Å². The minimum Gasteiger partial charge on any atom is -0.481 e. The summed E-state index contributed by atoms with van der Waals surface area (Å²) < 4.78 is 0. The van der Waals surface area contributed by atoms with E-state index in [0.717, 1.165) is 32.2 Å². The van der Waals surface area contributed by atoms with Crippen LogP contribution in [-0.4, -0.2) is 48.3 Å². The van der Waals surface area contributed by atoms with Gasteiger partial charge in [0.1, 0.15) is 0 Å². The molecule has 0 aromatic rings. The molecule has 0 saturated heterocycles. The summed E-state index contributed by atoms with van der Waals surface area (Å²) in [5.41, 5.74) is 0. The Balaban J connectivity index is 2.56. The number of hydrogen-bond acceptors (Lipinski definition) is 3. The molecule has 0 spiro atoms. The molecule has 16 heavy (non-hydrogen) atoms. The Kier molecular flexibility index (Phi) is 5.22. The Morgan fingerprint density at radius 3 is 2.56 bits per heavy atom. The molecule has 0 heterocycles. The fourth-order valence-corrected chi connectivity index (χ4v) is 2.76. The third-order valence-corrected chi connectivity index (χ3v) is 3.56. The zero-order chi connectivity index (χ0) is 12.1. The van der Waals surface area contributed by atoms with Crippen molar-refractivity contribution in [3.8, 4) is 0 Å². The van der Waals surface area contributed by atoms with Crippen LogP contribution < -0.4 is 0 Å². The van der Waals surface area contributed by atoms with E-state index < -0.39 is 5.97 Å². The van der Waals surface area contributed by atoms with Crippen molar-refractivity contribution in [3.63, 3.8) is 0 Å². The Labute approximate surface area is 97.3 Å². The van der Waals surface area contributed by atoms with Gasteiger partial charge in [-0.1, -0.05) is 6.42 Å². The number of nitrogens with zero attached hydrogens (tertiary/aromatic N) is 1. The zero-order valence-corrected chi connectivity index (χ0v) is 10.2. The molecule has 1 saturated carbocycles. The number of carbonyl (C=O) groups is 1. The van der Waals surface area contributed by atoms with Crippen LogP contribution >= 0.6 is 0 Å². The number of aliphatic hydroxyl groups excluding tert-OH is 1. The summed E-state index contributed by atoms with van der Waals surface area (Å²) in [5, 5.41) is 18.1. The molecule has 1 aliphatic carbocycles. The first-order chi connectivity index (χ1) is 7.54. The molecule has 1 rings (SSSR count). The molecule has 4 nitrogen and oxygen atoms in total. The van der Waals surface area contributed by atoms with Crippen molar-refractivity contribution in [1.82, 2.24) is 4.90 Å². The number of aliphatic carboxylic acids is 1. The Hall–Kier alpha value is -0.610. The average Bonchev–Trinajstić information content (AvgIpc) is 2.19. The molecule has 0 aromatic carbocycles. The van der Waals surface area contributed by atoms with Gasteiger partial charge in [0.25, 0.3) is 0 Å². The third-order valence-electron chi connectivity index (χ3n) is 3.56. The number of carboxylic acid groups (broad SMARTS) is 1. The van der Waals surface area contributed by atoms with E-state index in [9.17, 15) is 9.90 Å². The maximum Gasteiger partial charge on any atom is 0.306 e. The smallest absolute Gasteiger partial charge is 0.306 e. The molecule has 3 atom stereocenters. The van der Waals surface area contributed by atoms with E-state index in [1.54, 1.807) is 0 Å². The van der Waals surface area contributed by atoms with Crippen molar-refractivity contribution >= 4 is 5.97 Å². The maximum atomic E-state index is 11.2. The lowest BCUT2D eigenvalue weighted by Crippen LogP contribution is -2.37. The van der Waals surface area contributed by atoms with E-state index in [0.29, 0.717) is 5.92 Å². The van der Waals surface area contributed by atoms with E-state index in [1.165, 1.54) is 0 Å². The van der Waals surface area contributed by atoms with Crippen molar-refractivity contribution in [1.29, 1.82) is 0 Å². The minimum atomic E-state index is -0.672. The number of rotatable bonds is 5. The van der Waals surface area contributed by atoms with Gasteiger partial charge in [-0.2, -0.15) is 0 Å². The summed E-state index contributed by atoms with van der Waals surface area (Å²) in [7, 11) is 3.97. The van der Waals surface area contributed by atoms with E-state index in [-0.39, 0.29) is 18.4 Å². The molecular formula is C12H23NO3. The number of aliphatic hydroxyl groups is 1. The van der Waals surface area contributed by atoms with Gasteiger partial charge in [-0.15, -0.1) is 0 Å². The highest BCUT2D eigenvalue weighted by molar-refractivity contribution is 5.70. The van der Waals surface area contributed by atoms with Crippen LogP contribution in [0, 0.1) is 17.8 Å². The fraction of sp³-hybridized carbons (Fsp3) is 0.917. The molecular weight excluding hydrogens is 206 g/mol. The van der Waals surface area contributed by atoms with Gasteiger partial charge < -0.3 is 15.1 Å². The van der Waals surface area contributed by atoms with Crippen molar-refractivity contribution in [3.05, 3.63) is 0 Å². The summed E-state index contributed by atoms with van der Waals surface area (Å²) in [5.74, 6) is -0.242. The molecule has 0 bridgehead atoms. The van der Waals surface area contributed by atoms with Crippen LogP contribution in [0.1, 0.15) is 25.7 Å². The summed E-state index contributed by atoms with van der Waals surface area (Å²) >= 11 is 0. The standard InChI is InChI=1S/C12H23NO3/c1-13(2)8-10-4-3-9(5-6-14)7-11(10)12(15)16/h9-11,14H,3-8H2,1-2H3,(H,15,16)/t9-,10-,11-/m0/s1. The summed E-state index contributed by atoms with van der Waals surface area (Å²) in [6.45, 7) is 1.03. The normalized spacial score (nSPS) is 30.6. The lowest BCUT2D eigenvalue weighted by atomic mass is 9.73. The first-order valence-corrected chi connectivity index (χ1v) is 6.03. The molecule has 0 aliphatic heterocycles. The molecule has 4 heteroatoms. The first-order valence-electron chi connectivity index (χ1n) is 6.03. The molecule has 0 amide bonds. The van der Waals surface area contributed by atoms with Crippen molar-refractivity contribution in [2.45, 2.75) is 25.7 Å². The van der Waals surface area contributed by atoms with Gasteiger partial charge in [0.05, 0.1) is 5.92 Å². The molecule has 1 aliphatic rings. The predicted molar refractivity (Wildman–Crippen MR) is 62.2 cm³/mol. The lowest BCUT2D eigenvalue weighted by molar-refractivity contribution is -0.146. The van der Waals surface area contributed by atoms with Gasteiger partial charge in [-0.3, -0.25) is 4.79 Å². The minimum absolute atomic E-state index is 0.176. The van der Waals surface area contributed by atoms with Gasteiger partial charge in [-0.05, 0) is 45.2 Å². The largest absolute Gasteiger partial charge is 0.481 e. The Morgan fingerprint density at radius 2 is 2.06 bits per heavy atom. The highest BCUT2D eigenvalue weighted by Crippen LogP contribution is 2.35. The van der Waals surface area contributed by atoms with Crippen LogP contribution in [0.4, 0.5) is 0 Å². The van der Waals surface area contributed by atoms with Crippen molar-refractivity contribution in [2.75, 3.05) is 27.2 Å². The molecule has 1 fully saturated rings. The van der Waals surface area contributed by atoms with Gasteiger partial charge >= 0.3 is 5.97 Å². The Bertz CT molecular complexity index is 230. The second-order valence-electron chi connectivity index (χ2n) is 5.16. The van der Waals surface area contributed by atoms with Crippen LogP contribution in [0.2, 0.25) is 0 Å². The first kappa shape index (κ1) is 13.5. The van der Waals surface area contributed by atoms with Gasteiger partial charge in [0.15, 0.2) is 0 Å². The molecule has 0 unspecified atom stereocenters. The average molecular weight is 229 g/mol. The summed E-state index contributed by atoms with van der Waals surface area (Å²) in [4.78, 5) is 13.3. The quantitative estimate of drug-likeness (QED) is 0.739. The summed E-state index contributed by atoms with van der Waals surface area (Å²) in [6.07, 6.45) is 3.51. The monoisotopic (exact) mass is 229 g/mol. The molecule has 2 N–H and O–H groups in total.